The van der Waals surface area contributed by atoms with Gasteiger partial charge in [-0.3, -0.25) is 4.55 Å². The summed E-state index contributed by atoms with van der Waals surface area (Å²) in [7, 11) is -7.56. The highest BCUT2D eigenvalue weighted by atomic mass is 32.2. The van der Waals surface area contributed by atoms with Gasteiger partial charge in [0.15, 0.2) is 10.0 Å². The summed E-state index contributed by atoms with van der Waals surface area (Å²) in [6, 6.07) is 23.8. The highest BCUT2D eigenvalue weighted by Crippen LogP contribution is 2.24. The second-order valence-corrected chi connectivity index (χ2v) is 12.4. The lowest BCUT2D eigenvalue weighted by atomic mass is 10.2. The van der Waals surface area contributed by atoms with Crippen LogP contribution in [0.5, 0.6) is 0 Å². The zero-order chi connectivity index (χ0) is 27.6. The van der Waals surface area contributed by atoms with Crippen molar-refractivity contribution >= 4 is 36.9 Å². The van der Waals surface area contributed by atoms with Crippen LogP contribution in [0.1, 0.15) is 16.7 Å². The van der Waals surface area contributed by atoms with E-state index in [1.54, 1.807) is 95.8 Å². The average molecular weight is 561 g/mol. The first-order chi connectivity index (χ1) is 18.6. The van der Waals surface area contributed by atoms with Crippen molar-refractivity contribution in [2.75, 3.05) is 0 Å². The maximum Gasteiger partial charge on any atom is 0.374 e. The van der Waals surface area contributed by atoms with E-state index >= 15 is 0 Å². The van der Waals surface area contributed by atoms with Crippen LogP contribution in [0, 0.1) is 13.8 Å². The molecule has 2 heterocycles. The number of benzene rings is 3. The maximum absolute atomic E-state index is 13.3. The molecule has 1 atom stereocenters. The van der Waals surface area contributed by atoms with E-state index in [4.69, 9.17) is 0 Å². The van der Waals surface area contributed by atoms with Crippen LogP contribution in [0.15, 0.2) is 111 Å². The van der Waals surface area contributed by atoms with Crippen LogP contribution in [-0.4, -0.2) is 27.1 Å². The van der Waals surface area contributed by atoms with Crippen molar-refractivity contribution in [3.8, 4) is 5.82 Å². The van der Waals surface area contributed by atoms with E-state index in [0.29, 0.717) is 16.6 Å². The van der Waals surface area contributed by atoms with Gasteiger partial charge in [-0.15, -0.1) is 4.36 Å². The molecule has 0 saturated carbocycles. The normalized spacial score (nSPS) is 13.2. The van der Waals surface area contributed by atoms with Crippen LogP contribution in [-0.2, 0) is 26.6 Å². The molecule has 0 saturated heterocycles. The Labute approximate surface area is 227 Å². The van der Waals surface area contributed by atoms with E-state index in [-0.39, 0.29) is 28.0 Å². The van der Waals surface area contributed by atoms with Crippen molar-refractivity contribution in [2.24, 2.45) is 4.36 Å². The predicted molar refractivity (Wildman–Crippen MR) is 149 cm³/mol. The molecule has 0 fully saturated rings. The Hall–Kier alpha value is -4.03. The first-order valence-electron chi connectivity index (χ1n) is 12.0. The number of sulfonamides is 1. The molecule has 1 unspecified atom stereocenters. The van der Waals surface area contributed by atoms with E-state index in [2.05, 4.69) is 19.1 Å². The maximum atomic E-state index is 13.3. The summed E-state index contributed by atoms with van der Waals surface area (Å²) in [4.78, 5) is 9.54. The molecule has 5 rings (SSSR count). The van der Waals surface area contributed by atoms with Gasteiger partial charge in [-0.1, -0.05) is 53.6 Å². The van der Waals surface area contributed by atoms with Gasteiger partial charge in [0, 0.05) is 12.1 Å². The number of aryl methyl sites for hydroxylation is 2. The fourth-order valence-electron chi connectivity index (χ4n) is 3.84. The molecule has 0 spiro atoms. The summed E-state index contributed by atoms with van der Waals surface area (Å²) >= 11 is 0. The largest absolute Gasteiger partial charge is 0.374 e. The summed E-state index contributed by atoms with van der Waals surface area (Å²) in [5.41, 5.74) is 3.64. The number of pyridine rings is 1. The van der Waals surface area contributed by atoms with Crippen LogP contribution in [0.2, 0.25) is 0 Å². The molecule has 198 valence electrons. The molecular weight excluding hydrogens is 534 g/mol. The van der Waals surface area contributed by atoms with E-state index in [1.807, 2.05) is 19.9 Å². The number of hydrogen-bond donors (Lipinski definition) is 2. The Balaban J connectivity index is 1.54. The van der Waals surface area contributed by atoms with Crippen LogP contribution in [0.4, 0.5) is 5.82 Å². The number of fused-ring (bicyclic) bond motifs is 1. The lowest BCUT2D eigenvalue weighted by Gasteiger charge is -2.08. The minimum atomic E-state index is -3.84. The third kappa shape index (κ3) is 6.02. The van der Waals surface area contributed by atoms with Crippen molar-refractivity contribution < 1.29 is 21.7 Å². The molecule has 0 aliphatic rings. The summed E-state index contributed by atoms with van der Waals surface area (Å²) in [5, 5.41) is 0. The summed E-state index contributed by atoms with van der Waals surface area (Å²) in [5.74, 6) is 0.204. The SMILES string of the molecule is Cc1ccc(S(=O)(=O)NCc2ccc[n+](-c3nc4ccccc4nc3N=S(=O)(O)c3ccc(C)cc3)c2)cc1. The number of hydrogen-bond acceptors (Lipinski definition) is 6. The molecule has 0 aliphatic heterocycles. The van der Waals surface area contributed by atoms with Crippen molar-refractivity contribution in [1.29, 1.82) is 0 Å². The van der Waals surface area contributed by atoms with E-state index in [0.717, 1.165) is 11.1 Å². The zero-order valence-corrected chi connectivity index (χ0v) is 22.9. The van der Waals surface area contributed by atoms with Gasteiger partial charge >= 0.3 is 5.82 Å². The highest BCUT2D eigenvalue weighted by molar-refractivity contribution is 7.89. The van der Waals surface area contributed by atoms with Crippen molar-refractivity contribution in [2.45, 2.75) is 30.2 Å². The van der Waals surface area contributed by atoms with Gasteiger partial charge < -0.3 is 0 Å². The summed E-state index contributed by atoms with van der Waals surface area (Å²) in [6.45, 7) is 3.79. The first-order valence-corrected chi connectivity index (χ1v) is 15.0. The second-order valence-electron chi connectivity index (χ2n) is 9.02. The molecule has 3 aromatic carbocycles. The second kappa shape index (κ2) is 10.6. The number of nitrogens with zero attached hydrogens (tertiary/aromatic N) is 4. The van der Waals surface area contributed by atoms with Crippen LogP contribution in [0.25, 0.3) is 16.9 Å². The Bertz CT molecular complexity index is 1900. The molecule has 0 bridgehead atoms. The minimum Gasteiger partial charge on any atom is -0.296 e. The molecule has 0 aliphatic carbocycles. The number of nitrogens with one attached hydrogen (secondary N) is 1. The van der Waals surface area contributed by atoms with Crippen LogP contribution < -0.4 is 9.29 Å². The molecule has 0 amide bonds. The highest BCUT2D eigenvalue weighted by Gasteiger charge is 2.23. The first kappa shape index (κ1) is 26.6. The summed E-state index contributed by atoms with van der Waals surface area (Å²) in [6.07, 6.45) is 3.38. The quantitative estimate of drug-likeness (QED) is 0.280. The Kier molecular flexibility index (Phi) is 7.23. The summed E-state index contributed by atoms with van der Waals surface area (Å²) < 4.78 is 58.0. The fraction of sp³-hybridized carbons (Fsp3) is 0.107. The van der Waals surface area contributed by atoms with E-state index in [9.17, 15) is 17.2 Å². The van der Waals surface area contributed by atoms with Gasteiger partial charge in [0.2, 0.25) is 15.5 Å². The van der Waals surface area contributed by atoms with E-state index < -0.39 is 20.0 Å². The van der Waals surface area contributed by atoms with Gasteiger partial charge in [-0.2, -0.15) is 4.57 Å². The molecule has 9 nitrogen and oxygen atoms in total. The monoisotopic (exact) mass is 560 g/mol. The third-order valence-corrected chi connectivity index (χ3v) is 8.70. The third-order valence-electron chi connectivity index (χ3n) is 5.98. The fourth-order valence-corrected chi connectivity index (χ4v) is 5.81. The molecular formula is C28H26N5O4S2+. The minimum absolute atomic E-state index is 0.0185. The van der Waals surface area contributed by atoms with Gasteiger partial charge in [0.25, 0.3) is 5.82 Å². The van der Waals surface area contributed by atoms with Gasteiger partial charge in [0.1, 0.15) is 11.7 Å². The van der Waals surface area contributed by atoms with Gasteiger partial charge in [-0.05, 0) is 61.3 Å². The lowest BCUT2D eigenvalue weighted by Crippen LogP contribution is -2.33. The van der Waals surface area contributed by atoms with Gasteiger partial charge in [-0.25, -0.2) is 22.3 Å². The van der Waals surface area contributed by atoms with Crippen molar-refractivity contribution in [3.63, 3.8) is 0 Å². The Morgan fingerprint density at radius 3 is 2.03 bits per heavy atom. The van der Waals surface area contributed by atoms with Gasteiger partial charge in [0.05, 0.1) is 16.0 Å². The predicted octanol–water partition coefficient (Wildman–Crippen LogP) is 4.63. The molecule has 11 heteroatoms. The standard InChI is InChI=1S/C28H25N5O4S2/c1-20-9-13-23(14-10-20)38(34,35)29-18-22-6-5-17-33(19-22)28-27(30-25-7-3-4-8-26(25)31-28)32-39(36,37)24-15-11-21(2)12-16-24/h3-17,19,29H,18H2,1-2H3/p+1. The van der Waals surface area contributed by atoms with Crippen molar-refractivity contribution in [1.82, 2.24) is 14.7 Å². The van der Waals surface area contributed by atoms with Crippen LogP contribution >= 0.6 is 0 Å². The molecule has 2 N–H and O–H groups in total. The average Bonchev–Trinajstić information content (AvgIpc) is 2.92. The Morgan fingerprint density at radius 2 is 1.38 bits per heavy atom. The smallest absolute Gasteiger partial charge is 0.296 e. The molecule has 0 radical (unpaired) electrons. The number of aromatic nitrogens is 3. The Morgan fingerprint density at radius 1 is 0.795 bits per heavy atom. The zero-order valence-electron chi connectivity index (χ0n) is 21.2. The number of para-hydroxylation sites is 2. The molecule has 5 aromatic rings. The number of rotatable bonds is 7. The van der Waals surface area contributed by atoms with Crippen molar-refractivity contribution in [3.05, 3.63) is 114 Å². The lowest BCUT2D eigenvalue weighted by molar-refractivity contribution is -0.599. The van der Waals surface area contributed by atoms with Crippen LogP contribution in [0.3, 0.4) is 0 Å². The van der Waals surface area contributed by atoms with E-state index in [1.165, 1.54) is 0 Å². The molecule has 39 heavy (non-hydrogen) atoms. The molecule has 2 aromatic heterocycles. The topological polar surface area (TPSA) is 125 Å².